The Morgan fingerprint density at radius 2 is 1.53 bits per heavy atom. The SMILES string of the molecule is Cc1cc(Nc2nc(Nc3ccc(C#N)cc3)ncc2C(F)(F)F)cc(C)c1C#N. The van der Waals surface area contributed by atoms with Gasteiger partial charge in [-0.05, 0) is 61.4 Å². The highest BCUT2D eigenvalue weighted by atomic mass is 19.4. The van der Waals surface area contributed by atoms with Gasteiger partial charge in [-0.2, -0.15) is 28.7 Å². The van der Waals surface area contributed by atoms with Crippen molar-refractivity contribution in [1.29, 1.82) is 10.5 Å². The molecule has 0 fully saturated rings. The average Bonchev–Trinajstić information content (AvgIpc) is 2.67. The van der Waals surface area contributed by atoms with E-state index in [2.05, 4.69) is 26.7 Å². The zero-order chi connectivity index (χ0) is 21.9. The Morgan fingerprint density at radius 3 is 2.07 bits per heavy atom. The summed E-state index contributed by atoms with van der Waals surface area (Å²) in [5.41, 5.74) is 2.07. The lowest BCUT2D eigenvalue weighted by Gasteiger charge is -2.16. The number of halogens is 3. The summed E-state index contributed by atoms with van der Waals surface area (Å²) in [6, 6.07) is 13.5. The van der Waals surface area contributed by atoms with Crippen LogP contribution in [0.5, 0.6) is 0 Å². The number of aryl methyl sites for hydroxylation is 2. The molecule has 0 amide bonds. The normalized spacial score (nSPS) is 10.8. The first-order valence-electron chi connectivity index (χ1n) is 8.71. The summed E-state index contributed by atoms with van der Waals surface area (Å²) in [4.78, 5) is 7.75. The fourth-order valence-corrected chi connectivity index (χ4v) is 2.85. The molecule has 0 aliphatic rings. The van der Waals surface area contributed by atoms with Gasteiger partial charge in [-0.1, -0.05) is 0 Å². The average molecular weight is 408 g/mol. The van der Waals surface area contributed by atoms with Gasteiger partial charge in [0.15, 0.2) is 0 Å². The van der Waals surface area contributed by atoms with E-state index in [1.54, 1.807) is 50.2 Å². The number of rotatable bonds is 4. The van der Waals surface area contributed by atoms with E-state index in [9.17, 15) is 18.4 Å². The van der Waals surface area contributed by atoms with E-state index in [4.69, 9.17) is 5.26 Å². The van der Waals surface area contributed by atoms with Crippen LogP contribution in [0.4, 0.5) is 36.3 Å². The smallest absolute Gasteiger partial charge is 0.340 e. The van der Waals surface area contributed by atoms with Crippen molar-refractivity contribution >= 4 is 23.1 Å². The Morgan fingerprint density at radius 1 is 0.900 bits per heavy atom. The molecule has 0 saturated heterocycles. The zero-order valence-electron chi connectivity index (χ0n) is 16.0. The highest BCUT2D eigenvalue weighted by Gasteiger charge is 2.35. The number of alkyl halides is 3. The summed E-state index contributed by atoms with van der Waals surface area (Å²) >= 11 is 0. The second-order valence-corrected chi connectivity index (χ2v) is 6.49. The third-order valence-electron chi connectivity index (χ3n) is 4.27. The molecule has 0 unspecified atom stereocenters. The van der Waals surface area contributed by atoms with Crippen LogP contribution in [0.2, 0.25) is 0 Å². The van der Waals surface area contributed by atoms with Crippen LogP contribution in [0.3, 0.4) is 0 Å². The number of hydrogen-bond acceptors (Lipinski definition) is 6. The van der Waals surface area contributed by atoms with Crippen molar-refractivity contribution < 1.29 is 13.2 Å². The van der Waals surface area contributed by atoms with Gasteiger partial charge in [0.1, 0.15) is 11.4 Å². The summed E-state index contributed by atoms with van der Waals surface area (Å²) in [6.45, 7) is 3.42. The van der Waals surface area contributed by atoms with Crippen molar-refractivity contribution in [2.24, 2.45) is 0 Å². The molecular formula is C21H15F3N6. The first-order chi connectivity index (χ1) is 14.2. The number of benzene rings is 2. The molecule has 0 radical (unpaired) electrons. The fourth-order valence-electron chi connectivity index (χ4n) is 2.85. The summed E-state index contributed by atoms with van der Waals surface area (Å²) < 4.78 is 40.4. The lowest BCUT2D eigenvalue weighted by Crippen LogP contribution is -2.13. The standard InChI is InChI=1S/C21H15F3N6/c1-12-7-16(8-13(2)17(12)10-26)28-19-18(21(22,23)24)11-27-20(30-19)29-15-5-3-14(9-25)4-6-15/h3-8,11H,1-2H3,(H2,27,28,29,30). The molecule has 6 nitrogen and oxygen atoms in total. The van der Waals surface area contributed by atoms with Crippen LogP contribution < -0.4 is 10.6 Å². The Kier molecular flexibility index (Phi) is 5.56. The number of hydrogen-bond donors (Lipinski definition) is 2. The second-order valence-electron chi connectivity index (χ2n) is 6.49. The maximum Gasteiger partial charge on any atom is 0.421 e. The number of nitrogens with zero attached hydrogens (tertiary/aromatic N) is 4. The molecule has 9 heteroatoms. The molecule has 1 heterocycles. The van der Waals surface area contributed by atoms with E-state index < -0.39 is 17.6 Å². The van der Waals surface area contributed by atoms with Crippen LogP contribution in [0.15, 0.2) is 42.6 Å². The van der Waals surface area contributed by atoms with E-state index in [0.29, 0.717) is 39.8 Å². The molecule has 30 heavy (non-hydrogen) atoms. The first-order valence-corrected chi connectivity index (χ1v) is 8.71. The van der Waals surface area contributed by atoms with E-state index in [1.807, 2.05) is 6.07 Å². The van der Waals surface area contributed by atoms with Gasteiger partial charge < -0.3 is 10.6 Å². The van der Waals surface area contributed by atoms with E-state index >= 15 is 0 Å². The summed E-state index contributed by atoms with van der Waals surface area (Å²) in [5, 5.41) is 23.5. The molecule has 0 atom stereocenters. The molecule has 2 aromatic carbocycles. The second kappa shape index (κ2) is 8.10. The van der Waals surface area contributed by atoms with Gasteiger partial charge in [-0.15, -0.1) is 0 Å². The van der Waals surface area contributed by atoms with Crippen molar-refractivity contribution in [2.75, 3.05) is 10.6 Å². The minimum atomic E-state index is -4.66. The number of anilines is 4. The summed E-state index contributed by atoms with van der Waals surface area (Å²) in [6.07, 6.45) is -3.96. The van der Waals surface area contributed by atoms with Crippen molar-refractivity contribution in [3.8, 4) is 12.1 Å². The van der Waals surface area contributed by atoms with Crippen LogP contribution in [-0.4, -0.2) is 9.97 Å². The fraction of sp³-hybridized carbons (Fsp3) is 0.143. The quantitative estimate of drug-likeness (QED) is 0.605. The van der Waals surface area contributed by atoms with Crippen LogP contribution in [-0.2, 0) is 6.18 Å². The molecule has 0 bridgehead atoms. The first kappa shape index (κ1) is 20.6. The minimum Gasteiger partial charge on any atom is -0.340 e. The maximum atomic E-state index is 13.5. The van der Waals surface area contributed by atoms with Crippen LogP contribution in [0.25, 0.3) is 0 Å². The van der Waals surface area contributed by atoms with Gasteiger partial charge in [-0.3, -0.25) is 0 Å². The Hall–Kier alpha value is -4.11. The lowest BCUT2D eigenvalue weighted by molar-refractivity contribution is -0.137. The molecule has 2 N–H and O–H groups in total. The predicted molar refractivity (Wildman–Crippen MR) is 105 cm³/mol. The molecule has 0 aliphatic carbocycles. The van der Waals surface area contributed by atoms with Crippen LogP contribution in [0, 0.1) is 36.5 Å². The van der Waals surface area contributed by atoms with Gasteiger partial charge in [0.2, 0.25) is 5.95 Å². The molecular weight excluding hydrogens is 393 g/mol. The largest absolute Gasteiger partial charge is 0.421 e. The van der Waals surface area contributed by atoms with E-state index in [0.717, 1.165) is 0 Å². The van der Waals surface area contributed by atoms with Crippen molar-refractivity contribution in [3.05, 3.63) is 70.4 Å². The molecule has 0 aliphatic heterocycles. The highest BCUT2D eigenvalue weighted by molar-refractivity contribution is 5.66. The molecule has 3 aromatic rings. The molecule has 3 rings (SSSR count). The van der Waals surface area contributed by atoms with Crippen LogP contribution in [0.1, 0.15) is 27.8 Å². The van der Waals surface area contributed by atoms with Crippen molar-refractivity contribution in [3.63, 3.8) is 0 Å². The zero-order valence-corrected chi connectivity index (χ0v) is 16.0. The van der Waals surface area contributed by atoms with Gasteiger partial charge in [0, 0.05) is 17.6 Å². The Balaban J connectivity index is 1.98. The number of nitriles is 2. The van der Waals surface area contributed by atoms with Gasteiger partial charge >= 0.3 is 6.18 Å². The predicted octanol–water partition coefficient (Wildman–Crippen LogP) is 5.34. The monoisotopic (exact) mass is 408 g/mol. The number of nitrogens with one attached hydrogen (secondary N) is 2. The topological polar surface area (TPSA) is 97.4 Å². The summed E-state index contributed by atoms with van der Waals surface area (Å²) in [7, 11) is 0. The minimum absolute atomic E-state index is 0.0442. The lowest BCUT2D eigenvalue weighted by atomic mass is 10.0. The third-order valence-corrected chi connectivity index (χ3v) is 4.27. The molecule has 1 aromatic heterocycles. The maximum absolute atomic E-state index is 13.5. The van der Waals surface area contributed by atoms with Crippen LogP contribution >= 0.6 is 0 Å². The van der Waals surface area contributed by atoms with Gasteiger partial charge in [-0.25, -0.2) is 4.98 Å². The van der Waals surface area contributed by atoms with Gasteiger partial charge in [0.25, 0.3) is 0 Å². The van der Waals surface area contributed by atoms with E-state index in [-0.39, 0.29) is 5.95 Å². The molecule has 0 spiro atoms. The van der Waals surface area contributed by atoms with E-state index in [1.165, 1.54) is 0 Å². The van der Waals surface area contributed by atoms with Gasteiger partial charge in [0.05, 0.1) is 23.3 Å². The molecule has 0 saturated carbocycles. The Bertz CT molecular complexity index is 1150. The molecule has 150 valence electrons. The van der Waals surface area contributed by atoms with Crippen molar-refractivity contribution in [1.82, 2.24) is 9.97 Å². The highest BCUT2D eigenvalue weighted by Crippen LogP contribution is 2.35. The van der Waals surface area contributed by atoms with Crippen molar-refractivity contribution in [2.45, 2.75) is 20.0 Å². The summed E-state index contributed by atoms with van der Waals surface area (Å²) in [5.74, 6) is -0.463. The third kappa shape index (κ3) is 4.47. The Labute approximate surface area is 170 Å². The number of aromatic nitrogens is 2.